The number of nitrogens with zero attached hydrogens (tertiary/aromatic N) is 4. The molecule has 1 fully saturated rings. The number of hydrogen-bond acceptors (Lipinski definition) is 8. The number of amides is 1. The van der Waals surface area contributed by atoms with E-state index in [0.29, 0.717) is 63.9 Å². The second-order valence-corrected chi connectivity index (χ2v) is 9.98. The quantitative estimate of drug-likeness (QED) is 0.216. The average Bonchev–Trinajstić information content (AvgIpc) is 3.38. The van der Waals surface area contributed by atoms with Gasteiger partial charge < -0.3 is 25.0 Å². The number of carbonyl (C=O) groups is 1. The summed E-state index contributed by atoms with van der Waals surface area (Å²) < 4.78 is 12.0. The van der Waals surface area contributed by atoms with Crippen LogP contribution in [0.5, 0.6) is 11.5 Å². The number of rotatable bonds is 11. The minimum atomic E-state index is -0.334. The lowest BCUT2D eigenvalue weighted by molar-refractivity contribution is -0.111. The van der Waals surface area contributed by atoms with Crippen molar-refractivity contribution in [3.8, 4) is 11.5 Å². The van der Waals surface area contributed by atoms with Gasteiger partial charge >= 0.3 is 0 Å². The number of anilines is 3. The average molecular weight is 559 g/mol. The van der Waals surface area contributed by atoms with Crippen LogP contribution in [0.4, 0.5) is 17.2 Å². The maximum Gasteiger partial charge on any atom is 0.247 e. The fourth-order valence-electron chi connectivity index (χ4n) is 4.70. The van der Waals surface area contributed by atoms with E-state index in [1.807, 2.05) is 36.4 Å². The van der Waals surface area contributed by atoms with Gasteiger partial charge in [0.15, 0.2) is 0 Å². The number of fused-ring (bicyclic) bond motifs is 1. The lowest BCUT2D eigenvalue weighted by atomic mass is 10.1. The van der Waals surface area contributed by atoms with Crippen molar-refractivity contribution in [3.05, 3.63) is 84.4 Å². The van der Waals surface area contributed by atoms with E-state index in [1.165, 1.54) is 25.2 Å². The molecule has 206 valence electrons. The second kappa shape index (κ2) is 12.8. The number of nitrogens with one attached hydrogen (secondary N) is 2. The topological polar surface area (TPSA) is 102 Å². The van der Waals surface area contributed by atoms with E-state index in [4.69, 9.17) is 21.1 Å². The summed E-state index contributed by atoms with van der Waals surface area (Å²) in [6.07, 6.45) is 7.70. The summed E-state index contributed by atoms with van der Waals surface area (Å²) in [6, 6.07) is 15.2. The Morgan fingerprint density at radius 1 is 1.15 bits per heavy atom. The number of hydrogen-bond donors (Lipinski definition) is 2. The molecule has 1 unspecified atom stereocenters. The first kappa shape index (κ1) is 27.4. The van der Waals surface area contributed by atoms with Gasteiger partial charge in [-0.1, -0.05) is 24.2 Å². The van der Waals surface area contributed by atoms with Crippen LogP contribution in [0.2, 0.25) is 5.02 Å². The van der Waals surface area contributed by atoms with Crippen LogP contribution in [0.1, 0.15) is 25.0 Å². The maximum absolute atomic E-state index is 12.2. The highest BCUT2D eigenvalue weighted by molar-refractivity contribution is 6.32. The van der Waals surface area contributed by atoms with Crippen LogP contribution in [0.25, 0.3) is 10.9 Å². The van der Waals surface area contributed by atoms with E-state index in [9.17, 15) is 4.79 Å². The minimum absolute atomic E-state index is 0.310. The Bertz CT molecular complexity index is 1500. The Labute approximate surface area is 238 Å². The molecule has 5 rings (SSSR count). The van der Waals surface area contributed by atoms with Crippen molar-refractivity contribution in [1.82, 2.24) is 19.9 Å². The summed E-state index contributed by atoms with van der Waals surface area (Å²) in [5.74, 6) is 1.31. The third-order valence-electron chi connectivity index (χ3n) is 6.86. The van der Waals surface area contributed by atoms with Gasteiger partial charge in [0.1, 0.15) is 30.3 Å². The van der Waals surface area contributed by atoms with Crippen molar-refractivity contribution >= 4 is 45.6 Å². The summed E-state index contributed by atoms with van der Waals surface area (Å²) in [6.45, 7) is 5.52. The largest absolute Gasteiger partial charge is 0.491 e. The van der Waals surface area contributed by atoms with Crippen molar-refractivity contribution in [2.75, 3.05) is 30.8 Å². The van der Waals surface area contributed by atoms with Crippen LogP contribution in [0.3, 0.4) is 0 Å². The highest BCUT2D eigenvalue weighted by atomic mass is 35.5. The molecule has 2 aromatic heterocycles. The molecule has 1 amide bonds. The molecular formula is C30H31ClN6O3. The molecule has 0 radical (unpaired) electrons. The van der Waals surface area contributed by atoms with E-state index in [1.54, 1.807) is 18.3 Å². The van der Waals surface area contributed by atoms with Gasteiger partial charge in [0.2, 0.25) is 5.91 Å². The van der Waals surface area contributed by atoms with Gasteiger partial charge in [-0.2, -0.15) is 0 Å². The minimum Gasteiger partial charge on any atom is -0.491 e. The molecule has 9 nitrogen and oxygen atoms in total. The monoisotopic (exact) mass is 558 g/mol. The number of carbonyl (C=O) groups excluding carboxylic acids is 1. The second-order valence-electron chi connectivity index (χ2n) is 9.57. The predicted molar refractivity (Wildman–Crippen MR) is 157 cm³/mol. The van der Waals surface area contributed by atoms with E-state index in [-0.39, 0.29) is 5.91 Å². The molecule has 0 aliphatic carbocycles. The summed E-state index contributed by atoms with van der Waals surface area (Å²) in [4.78, 5) is 27.7. The van der Waals surface area contributed by atoms with Crippen molar-refractivity contribution in [2.45, 2.75) is 31.9 Å². The zero-order chi connectivity index (χ0) is 27.9. The fraction of sp³-hybridized carbons (Fsp3) is 0.267. The van der Waals surface area contributed by atoms with E-state index in [0.717, 1.165) is 18.7 Å². The van der Waals surface area contributed by atoms with Crippen LogP contribution < -0.4 is 20.1 Å². The molecule has 4 aromatic rings. The normalized spacial score (nSPS) is 15.1. The number of likely N-dealkylation sites (tertiary alicyclic amines) is 1. The SMILES string of the molecule is C=CC(=O)Nc1cc2c(Nc3ccc(OCc4ccccn4)c(Cl)c3)ncnc2cc1OCCC1CCCN1C. The third-order valence-corrected chi connectivity index (χ3v) is 7.15. The van der Waals surface area contributed by atoms with Gasteiger partial charge in [0, 0.05) is 29.4 Å². The number of halogens is 1. The summed E-state index contributed by atoms with van der Waals surface area (Å²) in [5, 5.41) is 7.31. The lowest BCUT2D eigenvalue weighted by Gasteiger charge is -2.20. The molecule has 1 aliphatic heterocycles. The molecule has 10 heteroatoms. The molecule has 0 bridgehead atoms. The number of ether oxygens (including phenoxy) is 2. The first-order valence-corrected chi connectivity index (χ1v) is 13.5. The molecule has 1 saturated heterocycles. The highest BCUT2D eigenvalue weighted by Gasteiger charge is 2.21. The molecule has 40 heavy (non-hydrogen) atoms. The molecule has 0 saturated carbocycles. The summed E-state index contributed by atoms with van der Waals surface area (Å²) in [5.41, 5.74) is 2.71. The van der Waals surface area contributed by atoms with E-state index < -0.39 is 0 Å². The van der Waals surface area contributed by atoms with Crippen molar-refractivity contribution < 1.29 is 14.3 Å². The van der Waals surface area contributed by atoms with Gasteiger partial charge in [-0.15, -0.1) is 0 Å². The first-order chi connectivity index (χ1) is 19.5. The van der Waals surface area contributed by atoms with Crippen molar-refractivity contribution in [3.63, 3.8) is 0 Å². The van der Waals surface area contributed by atoms with Gasteiger partial charge in [0.05, 0.1) is 28.5 Å². The van der Waals surface area contributed by atoms with Crippen LogP contribution in [0.15, 0.2) is 73.7 Å². The Morgan fingerprint density at radius 3 is 2.80 bits per heavy atom. The zero-order valence-electron chi connectivity index (χ0n) is 22.3. The highest BCUT2D eigenvalue weighted by Crippen LogP contribution is 2.35. The smallest absolute Gasteiger partial charge is 0.247 e. The van der Waals surface area contributed by atoms with Crippen molar-refractivity contribution in [1.29, 1.82) is 0 Å². The lowest BCUT2D eigenvalue weighted by Crippen LogP contribution is -2.26. The Morgan fingerprint density at radius 2 is 2.05 bits per heavy atom. The van der Waals surface area contributed by atoms with Crippen LogP contribution in [-0.2, 0) is 11.4 Å². The first-order valence-electron chi connectivity index (χ1n) is 13.1. The number of pyridine rings is 1. The van der Waals surface area contributed by atoms with Crippen LogP contribution in [0, 0.1) is 0 Å². The standard InChI is InChI=1S/C30H31ClN6O3/c1-3-29(38)36-26-16-23-25(17-28(26)39-14-11-22-8-6-13-37(22)2)33-19-34-30(23)35-20-9-10-27(24(31)15-20)40-18-21-7-4-5-12-32-21/h3-5,7,9-10,12,15-17,19,22H,1,6,8,11,13-14,18H2,2H3,(H,36,38)(H,33,34,35). The number of benzene rings is 2. The Kier molecular flexibility index (Phi) is 8.73. The van der Waals surface area contributed by atoms with Crippen molar-refractivity contribution in [2.24, 2.45) is 0 Å². The maximum atomic E-state index is 12.2. The molecule has 3 heterocycles. The van der Waals surface area contributed by atoms with Crippen LogP contribution >= 0.6 is 11.6 Å². The predicted octanol–water partition coefficient (Wildman–Crippen LogP) is 5.99. The Balaban J connectivity index is 1.35. The van der Waals surface area contributed by atoms with Gasteiger partial charge in [-0.3, -0.25) is 9.78 Å². The summed E-state index contributed by atoms with van der Waals surface area (Å²) >= 11 is 6.51. The molecule has 0 spiro atoms. The van der Waals surface area contributed by atoms with E-state index >= 15 is 0 Å². The molecular weight excluding hydrogens is 528 g/mol. The van der Waals surface area contributed by atoms with Gasteiger partial charge in [-0.05, 0) is 75.3 Å². The number of aromatic nitrogens is 3. The fourth-order valence-corrected chi connectivity index (χ4v) is 4.94. The zero-order valence-corrected chi connectivity index (χ0v) is 23.0. The van der Waals surface area contributed by atoms with Gasteiger partial charge in [-0.25, -0.2) is 9.97 Å². The van der Waals surface area contributed by atoms with Gasteiger partial charge in [0.25, 0.3) is 0 Å². The summed E-state index contributed by atoms with van der Waals surface area (Å²) in [7, 11) is 2.14. The van der Waals surface area contributed by atoms with Crippen LogP contribution in [-0.4, -0.2) is 52.0 Å². The third kappa shape index (κ3) is 6.67. The molecule has 2 N–H and O–H groups in total. The molecule has 1 atom stereocenters. The molecule has 2 aromatic carbocycles. The molecule has 1 aliphatic rings. The van der Waals surface area contributed by atoms with E-state index in [2.05, 4.69) is 44.1 Å². The Hall–Kier alpha value is -4.21.